The molecule has 1 atom stereocenters. The zero-order valence-electron chi connectivity index (χ0n) is 19.6. The van der Waals surface area contributed by atoms with Crippen molar-refractivity contribution in [2.24, 2.45) is 0 Å². The molecule has 1 aromatic heterocycles. The van der Waals surface area contributed by atoms with Crippen molar-refractivity contribution < 1.29 is 29.0 Å². The predicted octanol–water partition coefficient (Wildman–Crippen LogP) is 3.75. The van der Waals surface area contributed by atoms with Gasteiger partial charge in [0.15, 0.2) is 0 Å². The average Bonchev–Trinajstić information content (AvgIpc) is 3.47. The van der Waals surface area contributed by atoms with E-state index in [4.69, 9.17) is 9.47 Å². The Labute approximate surface area is 207 Å². The van der Waals surface area contributed by atoms with Crippen LogP contribution in [0.3, 0.4) is 0 Å². The summed E-state index contributed by atoms with van der Waals surface area (Å²) in [5.41, 5.74) is 2.93. The minimum absolute atomic E-state index is 0.0341. The second kappa shape index (κ2) is 9.65. The second-order valence-corrected chi connectivity index (χ2v) is 8.49. The molecule has 2 aromatic carbocycles. The van der Waals surface area contributed by atoms with Crippen LogP contribution in [0.4, 0.5) is 5.69 Å². The van der Waals surface area contributed by atoms with Crippen LogP contribution in [-0.2, 0) is 32.0 Å². The molecule has 0 saturated carbocycles. The number of aliphatic hydroxyl groups excluding tert-OH is 1. The Kier molecular flexibility index (Phi) is 6.25. The zero-order valence-corrected chi connectivity index (χ0v) is 19.6. The fraction of sp³-hybridized carbons (Fsp3) is 0.214. The molecule has 1 saturated heterocycles. The summed E-state index contributed by atoms with van der Waals surface area (Å²) in [4.78, 5) is 44.1. The van der Waals surface area contributed by atoms with Crippen molar-refractivity contribution in [1.82, 2.24) is 4.98 Å². The number of carbonyl (C=O) groups excluding carboxylic acids is 3. The molecule has 3 aromatic rings. The van der Waals surface area contributed by atoms with Crippen LogP contribution in [0.5, 0.6) is 5.75 Å². The van der Waals surface area contributed by atoms with Crippen molar-refractivity contribution in [3.63, 3.8) is 0 Å². The van der Waals surface area contributed by atoms with E-state index in [-0.39, 0.29) is 23.7 Å². The average molecular weight is 485 g/mol. The monoisotopic (exact) mass is 484 g/mol. The van der Waals surface area contributed by atoms with Gasteiger partial charge in [-0.2, -0.15) is 0 Å². The SMILES string of the molecule is CCOC(=O)Cc1ccc(N2C(=O)C(=O)/C(=C(\O)c3ccc4c(c3)CCO4)C2c2ccccn2)cc1. The maximum Gasteiger partial charge on any atom is 0.310 e. The Bertz CT molecular complexity index is 1360. The third kappa shape index (κ3) is 4.22. The first-order chi connectivity index (χ1) is 17.5. The number of Topliss-reactive ketones (excluding diaryl/α,β-unsaturated/α-hetero) is 1. The first-order valence-corrected chi connectivity index (χ1v) is 11.7. The van der Waals surface area contributed by atoms with Gasteiger partial charge in [-0.15, -0.1) is 0 Å². The Morgan fingerprint density at radius 1 is 1.14 bits per heavy atom. The first kappa shape index (κ1) is 23.3. The fourth-order valence-corrected chi connectivity index (χ4v) is 4.56. The lowest BCUT2D eigenvalue weighted by Crippen LogP contribution is -2.29. The number of pyridine rings is 1. The molecular weight excluding hydrogens is 460 g/mol. The Morgan fingerprint density at radius 3 is 2.67 bits per heavy atom. The Morgan fingerprint density at radius 2 is 1.94 bits per heavy atom. The quantitative estimate of drug-likeness (QED) is 0.246. The number of ether oxygens (including phenoxy) is 2. The number of aromatic nitrogens is 1. The lowest BCUT2D eigenvalue weighted by Gasteiger charge is -2.24. The number of nitrogens with zero attached hydrogens (tertiary/aromatic N) is 2. The maximum absolute atomic E-state index is 13.3. The molecular formula is C28H24N2O6. The van der Waals surface area contributed by atoms with Gasteiger partial charge in [0.2, 0.25) is 0 Å². The molecule has 3 heterocycles. The van der Waals surface area contributed by atoms with Crippen LogP contribution < -0.4 is 9.64 Å². The molecule has 8 heteroatoms. The van der Waals surface area contributed by atoms with Gasteiger partial charge in [0.05, 0.1) is 30.9 Å². The lowest BCUT2D eigenvalue weighted by atomic mass is 9.97. The van der Waals surface area contributed by atoms with Gasteiger partial charge in [-0.1, -0.05) is 18.2 Å². The fourth-order valence-electron chi connectivity index (χ4n) is 4.56. The van der Waals surface area contributed by atoms with Crippen LogP contribution >= 0.6 is 0 Å². The second-order valence-electron chi connectivity index (χ2n) is 8.49. The van der Waals surface area contributed by atoms with Crippen LogP contribution in [0.25, 0.3) is 5.76 Å². The van der Waals surface area contributed by atoms with Crippen molar-refractivity contribution in [3.8, 4) is 5.75 Å². The number of hydrogen-bond acceptors (Lipinski definition) is 7. The van der Waals surface area contributed by atoms with Gasteiger partial charge < -0.3 is 14.6 Å². The van der Waals surface area contributed by atoms with Gasteiger partial charge in [-0.25, -0.2) is 0 Å². The first-order valence-electron chi connectivity index (χ1n) is 11.7. The number of hydrogen-bond donors (Lipinski definition) is 1. The van der Waals surface area contributed by atoms with Gasteiger partial charge >= 0.3 is 5.97 Å². The summed E-state index contributed by atoms with van der Waals surface area (Å²) in [6, 6.07) is 16.3. The number of benzene rings is 2. The highest BCUT2D eigenvalue weighted by atomic mass is 16.5. The smallest absolute Gasteiger partial charge is 0.310 e. The minimum atomic E-state index is -0.924. The topological polar surface area (TPSA) is 106 Å². The van der Waals surface area contributed by atoms with Crippen molar-refractivity contribution in [3.05, 3.63) is 94.8 Å². The summed E-state index contributed by atoms with van der Waals surface area (Å²) < 4.78 is 10.5. The number of aliphatic hydroxyl groups is 1. The van der Waals surface area contributed by atoms with E-state index in [0.717, 1.165) is 11.3 Å². The van der Waals surface area contributed by atoms with Crippen molar-refractivity contribution in [2.75, 3.05) is 18.1 Å². The number of esters is 1. The van der Waals surface area contributed by atoms with E-state index in [1.807, 2.05) is 0 Å². The van der Waals surface area contributed by atoms with Crippen LogP contribution in [0.1, 0.15) is 35.3 Å². The number of ketones is 1. The number of amides is 1. The largest absolute Gasteiger partial charge is 0.507 e. The van der Waals surface area contributed by atoms with E-state index in [9.17, 15) is 19.5 Å². The summed E-state index contributed by atoms with van der Waals surface area (Å²) in [6.07, 6.45) is 2.37. The molecule has 0 radical (unpaired) electrons. The normalized spacial score (nSPS) is 18.1. The van der Waals surface area contributed by atoms with Crippen molar-refractivity contribution in [2.45, 2.75) is 25.8 Å². The van der Waals surface area contributed by atoms with E-state index in [1.54, 1.807) is 73.8 Å². The van der Waals surface area contributed by atoms with Gasteiger partial charge in [-0.05, 0) is 60.5 Å². The predicted molar refractivity (Wildman–Crippen MR) is 131 cm³/mol. The number of anilines is 1. The molecule has 0 spiro atoms. The van der Waals surface area contributed by atoms with Crippen LogP contribution in [0, 0.1) is 0 Å². The number of rotatable bonds is 6. The zero-order chi connectivity index (χ0) is 25.2. The van der Waals surface area contributed by atoms with Crippen molar-refractivity contribution >= 4 is 29.1 Å². The van der Waals surface area contributed by atoms with Gasteiger partial charge in [0.25, 0.3) is 11.7 Å². The molecule has 0 bridgehead atoms. The van der Waals surface area contributed by atoms with E-state index >= 15 is 0 Å². The molecule has 1 N–H and O–H groups in total. The molecule has 1 amide bonds. The van der Waals surface area contributed by atoms with E-state index < -0.39 is 17.7 Å². The van der Waals surface area contributed by atoms with E-state index in [0.29, 0.717) is 42.1 Å². The van der Waals surface area contributed by atoms with Crippen LogP contribution in [0.2, 0.25) is 0 Å². The molecule has 36 heavy (non-hydrogen) atoms. The molecule has 1 fully saturated rings. The molecule has 182 valence electrons. The Hall–Kier alpha value is -4.46. The molecule has 2 aliphatic rings. The summed E-state index contributed by atoms with van der Waals surface area (Å²) in [7, 11) is 0. The van der Waals surface area contributed by atoms with Crippen LogP contribution in [0.15, 0.2) is 72.4 Å². The molecule has 5 rings (SSSR count). The summed E-state index contributed by atoms with van der Waals surface area (Å²) in [6.45, 7) is 2.60. The highest BCUT2D eigenvalue weighted by molar-refractivity contribution is 6.51. The lowest BCUT2D eigenvalue weighted by molar-refractivity contribution is -0.142. The molecule has 0 aliphatic carbocycles. The maximum atomic E-state index is 13.3. The third-order valence-corrected chi connectivity index (χ3v) is 6.24. The van der Waals surface area contributed by atoms with Crippen molar-refractivity contribution in [1.29, 1.82) is 0 Å². The molecule has 2 aliphatic heterocycles. The van der Waals surface area contributed by atoms with Gasteiger partial charge in [0.1, 0.15) is 17.6 Å². The molecule has 8 nitrogen and oxygen atoms in total. The van der Waals surface area contributed by atoms with Gasteiger partial charge in [-0.3, -0.25) is 24.3 Å². The Balaban J connectivity index is 1.57. The van der Waals surface area contributed by atoms with E-state index in [2.05, 4.69) is 4.98 Å². The third-order valence-electron chi connectivity index (χ3n) is 6.24. The van der Waals surface area contributed by atoms with Crippen LogP contribution in [-0.4, -0.2) is 41.0 Å². The summed E-state index contributed by atoms with van der Waals surface area (Å²) >= 11 is 0. The summed E-state index contributed by atoms with van der Waals surface area (Å²) in [5.74, 6) is -1.43. The standard InChI is InChI=1S/C28H24N2O6/c1-2-35-23(31)15-17-6-9-20(10-7-17)30-25(21-5-3-4-13-29-21)24(27(33)28(30)34)26(32)19-8-11-22-18(16-19)12-14-36-22/h3-11,13,16,25,32H,2,12,14-15H2,1H3/b26-24-. The number of carbonyl (C=O) groups is 3. The minimum Gasteiger partial charge on any atom is -0.507 e. The highest BCUT2D eigenvalue weighted by Crippen LogP contribution is 2.42. The molecule has 1 unspecified atom stereocenters. The van der Waals surface area contributed by atoms with E-state index in [1.165, 1.54) is 4.90 Å². The summed E-state index contributed by atoms with van der Waals surface area (Å²) in [5, 5.41) is 11.3. The van der Waals surface area contributed by atoms with Gasteiger partial charge in [0, 0.05) is 23.9 Å². The number of fused-ring (bicyclic) bond motifs is 1. The highest BCUT2D eigenvalue weighted by Gasteiger charge is 2.47.